The Morgan fingerprint density at radius 2 is 1.59 bits per heavy atom. The average molecular weight is 370 g/mol. The van der Waals surface area contributed by atoms with Crippen LogP contribution < -0.4 is 5.73 Å². The third kappa shape index (κ3) is 3.16. The van der Waals surface area contributed by atoms with Gasteiger partial charge in [0, 0.05) is 5.02 Å². The molecule has 0 aliphatic rings. The van der Waals surface area contributed by atoms with Gasteiger partial charge in [-0.3, -0.25) is 0 Å². The highest BCUT2D eigenvalue weighted by molar-refractivity contribution is 7.91. The molecule has 9 heteroatoms. The molecule has 0 bridgehead atoms. The van der Waals surface area contributed by atoms with E-state index in [1.807, 2.05) is 0 Å². The number of rotatable bonds is 2. The van der Waals surface area contributed by atoms with Crippen molar-refractivity contribution in [2.75, 3.05) is 5.73 Å². The number of halogens is 5. The number of nitrogens with two attached hydrogens (primary N) is 1. The fourth-order valence-electron chi connectivity index (χ4n) is 1.76. The van der Waals surface area contributed by atoms with Crippen molar-refractivity contribution in [1.29, 1.82) is 0 Å². The van der Waals surface area contributed by atoms with E-state index in [-0.39, 0.29) is 20.6 Å². The molecule has 0 saturated heterocycles. The lowest BCUT2D eigenvalue weighted by atomic mass is 10.2. The number of anilines is 1. The number of hydrogen-bond donors (Lipinski definition) is 1. The Labute approximate surface area is 134 Å². The van der Waals surface area contributed by atoms with Crippen LogP contribution >= 0.6 is 23.2 Å². The van der Waals surface area contributed by atoms with Gasteiger partial charge in [0.2, 0.25) is 9.84 Å². The highest BCUT2D eigenvalue weighted by Crippen LogP contribution is 2.36. The van der Waals surface area contributed by atoms with Crippen LogP contribution in [0, 0.1) is 0 Å². The third-order valence-electron chi connectivity index (χ3n) is 2.81. The van der Waals surface area contributed by atoms with Crippen molar-refractivity contribution in [3.8, 4) is 0 Å². The van der Waals surface area contributed by atoms with E-state index in [0.717, 1.165) is 12.1 Å². The van der Waals surface area contributed by atoms with Gasteiger partial charge in [0.05, 0.1) is 26.1 Å². The first-order valence-electron chi connectivity index (χ1n) is 5.70. The molecule has 3 nitrogen and oxygen atoms in total. The lowest BCUT2D eigenvalue weighted by molar-refractivity contribution is -0.137. The van der Waals surface area contributed by atoms with Crippen LogP contribution in [0.4, 0.5) is 18.9 Å². The average Bonchev–Trinajstić information content (AvgIpc) is 2.36. The highest BCUT2D eigenvalue weighted by Gasteiger charge is 2.33. The van der Waals surface area contributed by atoms with Gasteiger partial charge in [0.1, 0.15) is 0 Å². The van der Waals surface area contributed by atoms with Crippen LogP contribution in [0.1, 0.15) is 5.56 Å². The summed E-state index contributed by atoms with van der Waals surface area (Å²) in [6, 6.07) is 5.64. The van der Waals surface area contributed by atoms with Crippen LogP contribution in [0.2, 0.25) is 10.0 Å². The molecule has 2 N–H and O–H groups in total. The maximum absolute atomic E-state index is 12.7. The van der Waals surface area contributed by atoms with E-state index >= 15 is 0 Å². The molecule has 0 atom stereocenters. The summed E-state index contributed by atoms with van der Waals surface area (Å²) in [5, 5.41) is -0.00900. The zero-order valence-electron chi connectivity index (χ0n) is 10.7. The van der Waals surface area contributed by atoms with Crippen LogP contribution in [-0.4, -0.2) is 8.42 Å². The molecule has 118 valence electrons. The minimum absolute atomic E-state index is 0.195. The first kappa shape index (κ1) is 16.9. The predicted molar refractivity (Wildman–Crippen MR) is 77.8 cm³/mol. The standard InChI is InChI=1S/C13H8Cl2F3NO2S/c14-8-2-4-11(9(15)6-8)22(20,21)12-5-7(13(16,17)18)1-3-10(12)19/h1-6H,19H2. The Kier molecular flexibility index (Phi) is 4.34. The van der Waals surface area contributed by atoms with Crippen molar-refractivity contribution in [1.82, 2.24) is 0 Å². The summed E-state index contributed by atoms with van der Waals surface area (Å²) < 4.78 is 63.2. The van der Waals surface area contributed by atoms with Crippen LogP contribution in [0.5, 0.6) is 0 Å². The summed E-state index contributed by atoms with van der Waals surface area (Å²) in [5.41, 5.74) is 4.09. The number of nitrogen functional groups attached to an aromatic ring is 1. The summed E-state index contributed by atoms with van der Waals surface area (Å²) >= 11 is 11.5. The van der Waals surface area contributed by atoms with E-state index in [9.17, 15) is 21.6 Å². The molecule has 0 radical (unpaired) electrons. The number of benzene rings is 2. The van der Waals surface area contributed by atoms with Gasteiger partial charge in [0.25, 0.3) is 0 Å². The van der Waals surface area contributed by atoms with Crippen LogP contribution in [0.15, 0.2) is 46.2 Å². The van der Waals surface area contributed by atoms with Crippen LogP contribution in [0.25, 0.3) is 0 Å². The Bertz CT molecular complexity index is 836. The SMILES string of the molecule is Nc1ccc(C(F)(F)F)cc1S(=O)(=O)c1ccc(Cl)cc1Cl. The molecule has 2 aromatic rings. The number of alkyl halides is 3. The molecule has 0 amide bonds. The summed E-state index contributed by atoms with van der Waals surface area (Å²) in [7, 11) is -4.32. The molecular weight excluding hydrogens is 362 g/mol. The van der Waals surface area contributed by atoms with E-state index in [4.69, 9.17) is 28.9 Å². The highest BCUT2D eigenvalue weighted by atomic mass is 35.5. The third-order valence-corrected chi connectivity index (χ3v) is 5.34. The Balaban J connectivity index is 2.68. The van der Waals surface area contributed by atoms with Crippen molar-refractivity contribution >= 4 is 38.7 Å². The zero-order valence-corrected chi connectivity index (χ0v) is 13.0. The lowest BCUT2D eigenvalue weighted by Crippen LogP contribution is -2.11. The molecule has 0 aliphatic heterocycles. The molecule has 0 saturated carbocycles. The normalized spacial score (nSPS) is 12.4. The predicted octanol–water partition coefficient (Wildman–Crippen LogP) is 4.43. The summed E-state index contributed by atoms with van der Waals surface area (Å²) in [5.74, 6) is 0. The second-order valence-corrected chi connectivity index (χ2v) is 7.06. The van der Waals surface area contributed by atoms with Crippen LogP contribution in [0.3, 0.4) is 0 Å². The molecular formula is C13H8Cl2F3NO2S. The molecule has 0 unspecified atom stereocenters. The number of sulfone groups is 1. The van der Waals surface area contributed by atoms with E-state index in [1.54, 1.807) is 0 Å². The largest absolute Gasteiger partial charge is 0.416 e. The van der Waals surface area contributed by atoms with E-state index in [2.05, 4.69) is 0 Å². The van der Waals surface area contributed by atoms with Gasteiger partial charge in [-0.1, -0.05) is 23.2 Å². The zero-order chi connectivity index (χ0) is 16.7. The first-order valence-corrected chi connectivity index (χ1v) is 7.94. The molecule has 0 spiro atoms. The monoisotopic (exact) mass is 369 g/mol. The maximum atomic E-state index is 12.7. The molecule has 22 heavy (non-hydrogen) atoms. The summed E-state index contributed by atoms with van der Waals surface area (Å²) in [6.45, 7) is 0. The Morgan fingerprint density at radius 1 is 0.955 bits per heavy atom. The van der Waals surface area contributed by atoms with Gasteiger partial charge < -0.3 is 5.73 Å². The van der Waals surface area contributed by atoms with Crippen molar-refractivity contribution in [2.24, 2.45) is 0 Å². The molecule has 0 fully saturated rings. The van der Waals surface area contributed by atoms with Gasteiger partial charge in [0.15, 0.2) is 0 Å². The second kappa shape index (κ2) is 5.64. The fourth-order valence-corrected chi connectivity index (χ4v) is 3.93. The number of hydrogen-bond acceptors (Lipinski definition) is 3. The van der Waals surface area contributed by atoms with Crippen molar-refractivity contribution < 1.29 is 21.6 Å². The minimum Gasteiger partial charge on any atom is -0.398 e. The summed E-state index contributed by atoms with van der Waals surface area (Å²) in [6.07, 6.45) is -4.69. The van der Waals surface area contributed by atoms with Crippen LogP contribution in [-0.2, 0) is 16.0 Å². The quantitative estimate of drug-likeness (QED) is 0.796. The second-order valence-electron chi connectivity index (χ2n) is 4.33. The molecule has 2 aromatic carbocycles. The molecule has 0 heterocycles. The van der Waals surface area contributed by atoms with Crippen molar-refractivity contribution in [3.05, 3.63) is 52.0 Å². The lowest BCUT2D eigenvalue weighted by Gasteiger charge is -2.12. The van der Waals surface area contributed by atoms with Gasteiger partial charge in [-0.25, -0.2) is 8.42 Å². The van der Waals surface area contributed by atoms with Crippen molar-refractivity contribution in [3.63, 3.8) is 0 Å². The fraction of sp³-hybridized carbons (Fsp3) is 0.0769. The topological polar surface area (TPSA) is 60.2 Å². The molecule has 0 aromatic heterocycles. The van der Waals surface area contributed by atoms with E-state index in [0.29, 0.717) is 12.1 Å². The minimum atomic E-state index is -4.69. The smallest absolute Gasteiger partial charge is 0.398 e. The Morgan fingerprint density at radius 3 is 2.14 bits per heavy atom. The van der Waals surface area contributed by atoms with Gasteiger partial charge in [-0.2, -0.15) is 13.2 Å². The molecule has 2 rings (SSSR count). The van der Waals surface area contributed by atoms with Gasteiger partial charge in [-0.15, -0.1) is 0 Å². The molecule has 0 aliphatic carbocycles. The Hall–Kier alpha value is -1.44. The van der Waals surface area contributed by atoms with Gasteiger partial charge >= 0.3 is 6.18 Å². The van der Waals surface area contributed by atoms with Gasteiger partial charge in [-0.05, 0) is 36.4 Å². The maximum Gasteiger partial charge on any atom is 0.416 e. The summed E-state index contributed by atoms with van der Waals surface area (Å²) in [4.78, 5) is -1.03. The van der Waals surface area contributed by atoms with E-state index < -0.39 is 26.5 Å². The first-order chi connectivity index (χ1) is 10.0. The van der Waals surface area contributed by atoms with Crippen molar-refractivity contribution in [2.45, 2.75) is 16.0 Å². The van der Waals surface area contributed by atoms with E-state index in [1.165, 1.54) is 12.1 Å².